The first-order valence-corrected chi connectivity index (χ1v) is 18.2. The number of carbonyl (C=O) groups excluding carboxylic acids is 1. The van der Waals surface area contributed by atoms with Crippen molar-refractivity contribution in [3.63, 3.8) is 0 Å². The summed E-state index contributed by atoms with van der Waals surface area (Å²) in [4.78, 5) is 16.2. The Labute approximate surface area is 286 Å². The van der Waals surface area contributed by atoms with Gasteiger partial charge in [0, 0.05) is 54.2 Å². The summed E-state index contributed by atoms with van der Waals surface area (Å²) in [5.74, 6) is 6.34. The molecule has 13 heteroatoms. The number of anilines is 3. The predicted octanol–water partition coefficient (Wildman–Crippen LogP) is 4.76. The van der Waals surface area contributed by atoms with Crippen LogP contribution < -0.4 is 36.8 Å². The van der Waals surface area contributed by atoms with Crippen molar-refractivity contribution in [2.24, 2.45) is 11.6 Å². The first-order chi connectivity index (χ1) is 22.2. The normalized spacial score (nSPS) is 17.1. The fourth-order valence-corrected chi connectivity index (χ4v) is 6.79. The molecule has 0 atom stereocenters. The minimum atomic E-state index is -3.61. The number of ether oxygens (including phenoxy) is 1. The second kappa shape index (κ2) is 14.0. The summed E-state index contributed by atoms with van der Waals surface area (Å²) in [6, 6.07) is 9.13. The molecule has 2 aliphatic heterocycles. The van der Waals surface area contributed by atoms with Crippen LogP contribution in [0.25, 0.3) is 0 Å². The summed E-state index contributed by atoms with van der Waals surface area (Å²) in [7, 11) is -2.19. The van der Waals surface area contributed by atoms with E-state index in [1.807, 2.05) is 33.8 Å². The van der Waals surface area contributed by atoms with Crippen LogP contribution in [0.2, 0.25) is 0 Å². The second-order valence-corrected chi connectivity index (χ2v) is 16.6. The second-order valence-electron chi connectivity index (χ2n) is 14.8. The van der Waals surface area contributed by atoms with Crippen LogP contribution in [0, 0.1) is 6.92 Å². The number of aryl methyl sites for hydroxylation is 1. The summed E-state index contributed by atoms with van der Waals surface area (Å²) in [6.45, 7) is 19.5. The maximum atomic E-state index is 13.6. The minimum Gasteiger partial charge on any atom is -0.492 e. The van der Waals surface area contributed by atoms with E-state index < -0.39 is 15.9 Å². The van der Waals surface area contributed by atoms with Crippen LogP contribution in [0.4, 0.5) is 17.1 Å². The van der Waals surface area contributed by atoms with E-state index in [1.54, 1.807) is 30.5 Å². The maximum absolute atomic E-state index is 13.6. The summed E-state index contributed by atoms with van der Waals surface area (Å²) < 4.78 is 32.3. The average Bonchev–Trinajstić information content (AvgIpc) is 3.36. The number of likely N-dealkylation sites (tertiary alicyclic amines) is 1. The van der Waals surface area contributed by atoms with Crippen molar-refractivity contribution >= 4 is 33.0 Å². The van der Waals surface area contributed by atoms with Gasteiger partial charge in [-0.3, -0.25) is 19.4 Å². The summed E-state index contributed by atoms with van der Waals surface area (Å²) in [5.41, 5.74) is 15.8. The zero-order valence-electron chi connectivity index (χ0n) is 30.1. The fraction of sp³-hybridized carbons (Fsp3) is 0.514. The van der Waals surface area contributed by atoms with Crippen molar-refractivity contribution < 1.29 is 17.9 Å². The SMILES string of the molecule is COc1c(NC(=O)c2ccc(C)c(N(N)/C=C(\N)C3=C(C)N(C4CCN(C(C)(C)C)CC4)NC3)c2)cc(C(C)(C)C)cc1NS(C)(=O)=O. The van der Waals surface area contributed by atoms with Crippen molar-refractivity contribution in [3.05, 3.63) is 70.2 Å². The third-order valence-electron chi connectivity index (χ3n) is 9.08. The van der Waals surface area contributed by atoms with Crippen LogP contribution >= 0.6 is 0 Å². The lowest BCUT2D eigenvalue weighted by Crippen LogP contribution is -2.52. The molecule has 0 aliphatic carbocycles. The van der Waals surface area contributed by atoms with E-state index in [-0.39, 0.29) is 22.4 Å². The summed E-state index contributed by atoms with van der Waals surface area (Å²) in [5, 5.41) is 6.62. The molecule has 0 radical (unpaired) electrons. The number of methoxy groups -OCH3 is 1. The number of nitrogens with zero attached hydrogens (tertiary/aromatic N) is 3. The van der Waals surface area contributed by atoms with Gasteiger partial charge in [-0.2, -0.15) is 0 Å². The van der Waals surface area contributed by atoms with Gasteiger partial charge in [0.15, 0.2) is 5.75 Å². The fourth-order valence-electron chi connectivity index (χ4n) is 6.24. The van der Waals surface area contributed by atoms with Crippen LogP contribution in [0.3, 0.4) is 0 Å². The molecule has 1 amide bonds. The van der Waals surface area contributed by atoms with Crippen LogP contribution in [0.15, 0.2) is 53.5 Å². The molecular formula is C35H54N8O4S. The molecular weight excluding hydrogens is 629 g/mol. The number of hydrogen-bond acceptors (Lipinski definition) is 10. The van der Waals surface area contributed by atoms with Gasteiger partial charge in [-0.25, -0.2) is 19.7 Å². The molecule has 4 rings (SSSR count). The quantitative estimate of drug-likeness (QED) is 0.184. The highest BCUT2D eigenvalue weighted by atomic mass is 32.2. The van der Waals surface area contributed by atoms with Gasteiger partial charge >= 0.3 is 0 Å². The predicted molar refractivity (Wildman–Crippen MR) is 195 cm³/mol. The summed E-state index contributed by atoms with van der Waals surface area (Å²) in [6.07, 6.45) is 4.89. The molecule has 0 aromatic heterocycles. The first-order valence-electron chi connectivity index (χ1n) is 16.3. The molecule has 0 unspecified atom stereocenters. The molecule has 264 valence electrons. The Morgan fingerprint density at radius 2 is 1.69 bits per heavy atom. The van der Waals surface area contributed by atoms with Crippen LogP contribution in [0.1, 0.15) is 82.8 Å². The molecule has 2 heterocycles. The molecule has 7 N–H and O–H groups in total. The highest BCUT2D eigenvalue weighted by Gasteiger charge is 2.33. The Morgan fingerprint density at radius 3 is 2.25 bits per heavy atom. The zero-order chi connectivity index (χ0) is 35.8. The Bertz CT molecular complexity index is 1700. The Hall–Kier alpha value is -3.78. The molecule has 48 heavy (non-hydrogen) atoms. The average molecular weight is 683 g/mol. The van der Waals surface area contributed by atoms with Crippen molar-refractivity contribution in [3.8, 4) is 5.75 Å². The van der Waals surface area contributed by atoms with Crippen molar-refractivity contribution in [2.45, 2.75) is 85.2 Å². The molecule has 1 saturated heterocycles. The lowest BCUT2D eigenvalue weighted by atomic mass is 9.86. The van der Waals surface area contributed by atoms with E-state index in [0.717, 1.165) is 54.6 Å². The number of nitrogens with two attached hydrogens (primary N) is 2. The van der Waals surface area contributed by atoms with Gasteiger partial charge in [0.1, 0.15) is 0 Å². The van der Waals surface area contributed by atoms with E-state index in [1.165, 1.54) is 12.1 Å². The number of carbonyl (C=O) groups is 1. The van der Waals surface area contributed by atoms with E-state index >= 15 is 0 Å². The monoisotopic (exact) mass is 682 g/mol. The van der Waals surface area contributed by atoms with Gasteiger partial charge in [-0.05, 0) is 88.3 Å². The van der Waals surface area contributed by atoms with Gasteiger partial charge in [-0.1, -0.05) is 26.8 Å². The minimum absolute atomic E-state index is 0.165. The van der Waals surface area contributed by atoms with Gasteiger partial charge in [0.25, 0.3) is 5.91 Å². The highest BCUT2D eigenvalue weighted by Crippen LogP contribution is 2.39. The molecule has 2 aromatic rings. The first kappa shape index (κ1) is 37.0. The third-order valence-corrected chi connectivity index (χ3v) is 9.67. The lowest BCUT2D eigenvalue weighted by Gasteiger charge is -2.43. The maximum Gasteiger partial charge on any atom is 0.255 e. The third kappa shape index (κ3) is 8.62. The molecule has 2 aliphatic rings. The van der Waals surface area contributed by atoms with Gasteiger partial charge in [0.05, 0.1) is 36.1 Å². The van der Waals surface area contributed by atoms with Gasteiger partial charge in [0.2, 0.25) is 10.0 Å². The standard InChI is InChI=1S/C35H54N8O4S/c1-22-11-12-24(33(44)39-29-18-25(34(3,4)5)19-30(32(29)47-9)40-48(10,45)46)17-31(22)42(37)21-28(36)27-20-38-43(23(27)2)26-13-15-41(16-14-26)35(6,7)8/h11-12,17-19,21,26,38,40H,13-16,20,36-37H2,1-10H3,(H,39,44)/b28-21-. The van der Waals surface area contributed by atoms with Crippen molar-refractivity contribution in [2.75, 3.05) is 48.0 Å². The number of piperidine rings is 1. The van der Waals surface area contributed by atoms with Crippen LogP contribution in [-0.2, 0) is 15.4 Å². The largest absolute Gasteiger partial charge is 0.492 e. The molecule has 0 bridgehead atoms. The van der Waals surface area contributed by atoms with Gasteiger partial charge < -0.3 is 20.8 Å². The van der Waals surface area contributed by atoms with Gasteiger partial charge in [-0.15, -0.1) is 0 Å². The number of hydrogen-bond donors (Lipinski definition) is 5. The molecule has 2 aromatic carbocycles. The van der Waals surface area contributed by atoms with Crippen molar-refractivity contribution in [1.82, 2.24) is 15.3 Å². The molecule has 0 saturated carbocycles. The number of sulfonamides is 1. The number of allylic oxidation sites excluding steroid dienone is 1. The Kier molecular flexibility index (Phi) is 10.8. The number of hydrazine groups is 2. The molecule has 1 fully saturated rings. The Balaban J connectivity index is 1.56. The highest BCUT2D eigenvalue weighted by molar-refractivity contribution is 7.92. The van der Waals surface area contributed by atoms with Crippen LogP contribution in [0.5, 0.6) is 5.75 Å². The van der Waals surface area contributed by atoms with E-state index in [9.17, 15) is 13.2 Å². The van der Waals surface area contributed by atoms with Crippen molar-refractivity contribution in [1.29, 1.82) is 0 Å². The molecule has 12 nitrogen and oxygen atoms in total. The summed E-state index contributed by atoms with van der Waals surface area (Å²) >= 11 is 0. The molecule has 0 spiro atoms. The lowest BCUT2D eigenvalue weighted by molar-refractivity contribution is 0.0569. The van der Waals surface area contributed by atoms with E-state index in [2.05, 4.69) is 53.1 Å². The number of nitrogens with one attached hydrogen (secondary N) is 3. The van der Waals surface area contributed by atoms with E-state index in [4.69, 9.17) is 16.3 Å². The Morgan fingerprint density at radius 1 is 1.06 bits per heavy atom. The number of benzene rings is 2. The van der Waals surface area contributed by atoms with Crippen LogP contribution in [-0.4, -0.2) is 68.8 Å². The smallest absolute Gasteiger partial charge is 0.255 e. The topological polar surface area (TPSA) is 158 Å². The number of amides is 1. The number of rotatable bonds is 9. The van der Waals surface area contributed by atoms with E-state index in [0.29, 0.717) is 35.2 Å². The zero-order valence-corrected chi connectivity index (χ0v) is 30.9.